The topological polar surface area (TPSA) is 115 Å². The molecule has 10 nitrogen and oxygen atoms in total. The maximum atomic E-state index is 13.5. The lowest BCUT2D eigenvalue weighted by Crippen LogP contribution is -2.44. The van der Waals surface area contributed by atoms with Gasteiger partial charge in [-0.05, 0) is 73.6 Å². The Balaban J connectivity index is 1.37. The first kappa shape index (κ1) is 30.5. The van der Waals surface area contributed by atoms with E-state index in [2.05, 4.69) is 66.8 Å². The van der Waals surface area contributed by atoms with E-state index in [1.54, 1.807) is 12.1 Å². The zero-order valence-electron chi connectivity index (χ0n) is 24.7. The van der Waals surface area contributed by atoms with Crippen molar-refractivity contribution in [2.75, 3.05) is 59.4 Å². The lowest BCUT2D eigenvalue weighted by Gasteiger charge is -2.34. The zero-order valence-corrected chi connectivity index (χ0v) is 25.5. The Bertz CT molecular complexity index is 1630. The molecule has 0 saturated carbocycles. The Morgan fingerprint density at radius 3 is 2.45 bits per heavy atom. The Hall–Kier alpha value is -4.93. The monoisotopic (exact) mass is 610 g/mol. The SMILES string of the molecule is C=CC(=O)Nc1cccc(CNc2nc(Nc3ccc(N4CCN(C)CC4)cc3)ncc2C(=O)Nc2c(C)cccc2Cl)c1. The molecule has 226 valence electrons. The molecule has 2 amide bonds. The van der Waals surface area contributed by atoms with Gasteiger partial charge in [-0.25, -0.2) is 4.98 Å². The molecule has 5 rings (SSSR count). The number of rotatable bonds is 10. The van der Waals surface area contributed by atoms with E-state index >= 15 is 0 Å². The van der Waals surface area contributed by atoms with Gasteiger partial charge in [-0.15, -0.1) is 0 Å². The van der Waals surface area contributed by atoms with Crippen LogP contribution in [0.15, 0.2) is 85.6 Å². The number of hydrogen-bond donors (Lipinski definition) is 4. The largest absolute Gasteiger partial charge is 0.369 e. The van der Waals surface area contributed by atoms with Gasteiger partial charge in [0.25, 0.3) is 5.91 Å². The summed E-state index contributed by atoms with van der Waals surface area (Å²) >= 11 is 6.37. The highest BCUT2D eigenvalue weighted by molar-refractivity contribution is 6.34. The molecular formula is C33H35ClN8O2. The Kier molecular flexibility index (Phi) is 9.73. The number of piperazine rings is 1. The second kappa shape index (κ2) is 14.0. The number of para-hydroxylation sites is 1. The molecule has 0 radical (unpaired) electrons. The number of carbonyl (C=O) groups is 2. The van der Waals surface area contributed by atoms with Crippen LogP contribution < -0.4 is 26.2 Å². The minimum absolute atomic E-state index is 0.247. The average Bonchev–Trinajstić information content (AvgIpc) is 3.03. The molecule has 1 saturated heterocycles. The van der Waals surface area contributed by atoms with Crippen LogP contribution in [0.2, 0.25) is 5.02 Å². The van der Waals surface area contributed by atoms with Crippen molar-refractivity contribution >= 4 is 57.9 Å². The van der Waals surface area contributed by atoms with Gasteiger partial charge in [-0.1, -0.05) is 42.4 Å². The fourth-order valence-electron chi connectivity index (χ4n) is 4.80. The van der Waals surface area contributed by atoms with Crippen molar-refractivity contribution in [2.24, 2.45) is 0 Å². The summed E-state index contributed by atoms with van der Waals surface area (Å²) in [5, 5.41) is 12.6. The minimum Gasteiger partial charge on any atom is -0.369 e. The standard InChI is InChI=1S/C33H35ClN8O2/c1-4-29(43)37-25-9-6-8-23(19-25)20-35-31-27(32(44)39-30-22(2)7-5-10-28(30)34)21-36-33(40-31)38-24-11-13-26(14-12-24)42-17-15-41(3)16-18-42/h4-14,19,21H,1,15-18,20H2,2-3H3,(H,37,43)(H,39,44)(H2,35,36,38,40). The third-order valence-corrected chi connectivity index (χ3v) is 7.64. The van der Waals surface area contributed by atoms with Gasteiger partial charge in [-0.2, -0.15) is 4.98 Å². The smallest absolute Gasteiger partial charge is 0.261 e. The van der Waals surface area contributed by atoms with Crippen LogP contribution in [0.4, 0.5) is 34.5 Å². The van der Waals surface area contributed by atoms with E-state index in [-0.39, 0.29) is 11.5 Å². The third kappa shape index (κ3) is 7.71. The zero-order chi connectivity index (χ0) is 31.1. The highest BCUT2D eigenvalue weighted by Crippen LogP contribution is 2.28. The summed E-state index contributed by atoms with van der Waals surface area (Å²) in [4.78, 5) is 39.0. The van der Waals surface area contributed by atoms with Crippen molar-refractivity contribution in [3.8, 4) is 0 Å². The van der Waals surface area contributed by atoms with Crippen LogP contribution in [-0.2, 0) is 11.3 Å². The van der Waals surface area contributed by atoms with E-state index in [9.17, 15) is 9.59 Å². The molecule has 0 spiro atoms. The van der Waals surface area contributed by atoms with Gasteiger partial charge in [0.05, 0.1) is 10.7 Å². The first-order valence-corrected chi connectivity index (χ1v) is 14.7. The van der Waals surface area contributed by atoms with Crippen molar-refractivity contribution in [3.63, 3.8) is 0 Å². The van der Waals surface area contributed by atoms with E-state index in [1.807, 2.05) is 49.4 Å². The van der Waals surface area contributed by atoms with Gasteiger partial charge in [-0.3, -0.25) is 9.59 Å². The molecule has 44 heavy (non-hydrogen) atoms. The molecule has 0 atom stereocenters. The fraction of sp³-hybridized carbons (Fsp3) is 0.212. The quantitative estimate of drug-likeness (QED) is 0.164. The molecule has 2 heterocycles. The fourth-order valence-corrected chi connectivity index (χ4v) is 5.07. The summed E-state index contributed by atoms with van der Waals surface area (Å²) in [7, 11) is 2.14. The molecule has 4 N–H and O–H groups in total. The number of nitrogens with one attached hydrogen (secondary N) is 4. The van der Waals surface area contributed by atoms with Crippen molar-refractivity contribution in [1.82, 2.24) is 14.9 Å². The molecule has 3 aromatic carbocycles. The number of benzene rings is 3. The van der Waals surface area contributed by atoms with Crippen LogP contribution in [0.1, 0.15) is 21.5 Å². The first-order valence-electron chi connectivity index (χ1n) is 14.3. The second-order valence-electron chi connectivity index (χ2n) is 10.6. The Labute approximate surface area is 262 Å². The van der Waals surface area contributed by atoms with Gasteiger partial charge in [0.1, 0.15) is 11.4 Å². The molecule has 11 heteroatoms. The molecule has 0 unspecified atom stereocenters. The molecule has 0 bridgehead atoms. The number of aromatic nitrogens is 2. The van der Waals surface area contributed by atoms with Crippen LogP contribution in [0.5, 0.6) is 0 Å². The van der Waals surface area contributed by atoms with Crippen LogP contribution in [0.25, 0.3) is 0 Å². The maximum absolute atomic E-state index is 13.5. The molecule has 1 aromatic heterocycles. The van der Waals surface area contributed by atoms with Crippen LogP contribution >= 0.6 is 11.6 Å². The normalized spacial score (nSPS) is 13.2. The molecule has 1 fully saturated rings. The molecule has 1 aliphatic heterocycles. The van der Waals surface area contributed by atoms with Gasteiger partial charge in [0.2, 0.25) is 11.9 Å². The van der Waals surface area contributed by atoms with Gasteiger partial charge in [0.15, 0.2) is 0 Å². The van der Waals surface area contributed by atoms with Crippen molar-refractivity contribution in [2.45, 2.75) is 13.5 Å². The molecule has 1 aliphatic rings. The predicted octanol–water partition coefficient (Wildman–Crippen LogP) is 5.92. The predicted molar refractivity (Wildman–Crippen MR) is 178 cm³/mol. The molecule has 4 aromatic rings. The Morgan fingerprint density at radius 2 is 1.73 bits per heavy atom. The van der Waals surface area contributed by atoms with Crippen molar-refractivity contribution in [3.05, 3.63) is 107 Å². The van der Waals surface area contributed by atoms with Crippen molar-refractivity contribution in [1.29, 1.82) is 0 Å². The van der Waals surface area contributed by atoms with E-state index in [1.165, 1.54) is 18.0 Å². The summed E-state index contributed by atoms with van der Waals surface area (Å²) in [5.41, 5.74) is 5.09. The van der Waals surface area contributed by atoms with E-state index in [4.69, 9.17) is 11.6 Å². The second-order valence-corrected chi connectivity index (χ2v) is 11.0. The number of halogens is 1. The van der Waals surface area contributed by atoms with Gasteiger partial charge < -0.3 is 31.1 Å². The lowest BCUT2D eigenvalue weighted by atomic mass is 10.1. The minimum atomic E-state index is -0.404. The summed E-state index contributed by atoms with van der Waals surface area (Å²) in [5.74, 6) is -0.0394. The first-order chi connectivity index (χ1) is 21.3. The number of carbonyl (C=O) groups excluding carboxylic acids is 2. The number of amides is 2. The van der Waals surface area contributed by atoms with E-state index in [0.29, 0.717) is 34.7 Å². The van der Waals surface area contributed by atoms with Crippen LogP contribution in [0.3, 0.4) is 0 Å². The Morgan fingerprint density at radius 1 is 0.977 bits per heavy atom. The number of anilines is 6. The number of hydrogen-bond acceptors (Lipinski definition) is 8. The van der Waals surface area contributed by atoms with Gasteiger partial charge in [0, 0.05) is 56.0 Å². The van der Waals surface area contributed by atoms with Crippen LogP contribution in [-0.4, -0.2) is 59.9 Å². The molecule has 0 aliphatic carbocycles. The average molecular weight is 611 g/mol. The summed E-state index contributed by atoms with van der Waals surface area (Å²) in [6, 6.07) is 20.9. The van der Waals surface area contributed by atoms with Crippen LogP contribution in [0, 0.1) is 6.92 Å². The lowest BCUT2D eigenvalue weighted by molar-refractivity contribution is -0.111. The summed E-state index contributed by atoms with van der Waals surface area (Å²) < 4.78 is 0. The summed E-state index contributed by atoms with van der Waals surface area (Å²) in [6.45, 7) is 9.75. The van der Waals surface area contributed by atoms with E-state index < -0.39 is 5.91 Å². The number of nitrogens with zero attached hydrogens (tertiary/aromatic N) is 4. The van der Waals surface area contributed by atoms with E-state index in [0.717, 1.165) is 43.0 Å². The third-order valence-electron chi connectivity index (χ3n) is 7.33. The van der Waals surface area contributed by atoms with Gasteiger partial charge >= 0.3 is 0 Å². The highest BCUT2D eigenvalue weighted by atomic mass is 35.5. The van der Waals surface area contributed by atoms with Crippen molar-refractivity contribution < 1.29 is 9.59 Å². The number of likely N-dealkylation sites (N-methyl/N-ethyl adjacent to an activating group) is 1. The summed E-state index contributed by atoms with van der Waals surface area (Å²) in [6.07, 6.45) is 2.70. The number of aryl methyl sites for hydroxylation is 1. The highest BCUT2D eigenvalue weighted by Gasteiger charge is 2.18. The maximum Gasteiger partial charge on any atom is 0.261 e. The molecular weight excluding hydrogens is 576 g/mol.